The van der Waals surface area contributed by atoms with E-state index >= 15 is 0 Å². The number of aromatic carboxylic acids is 1. The van der Waals surface area contributed by atoms with E-state index in [0.717, 1.165) is 16.7 Å². The highest BCUT2D eigenvalue weighted by Crippen LogP contribution is 2.40. The van der Waals surface area contributed by atoms with Crippen molar-refractivity contribution < 1.29 is 59.5 Å². The highest BCUT2D eigenvalue weighted by molar-refractivity contribution is 9.08. The van der Waals surface area contributed by atoms with Crippen molar-refractivity contribution in [1.82, 2.24) is 15.3 Å². The Balaban J connectivity index is 0.000000258. The maximum atomic E-state index is 13.0. The standard InChI is InChI=1S/C27H23F3N2O5.C14H13BrF3NO2/c1-15(2)25-21(24(32-37-25)20-6-4-5-7-23(20)36-27(28,29)30)14-35-18-9-10-19(16(3)12-18)22-11-8-17(13-31-22)26(33)34;1-8(2)13-10(7-15)12(19-21-13)9-5-3-4-6-11(9)20-14(16,17)18/h4-13,15H,14H2,1-3H3,(H,33,34);3-6,8H,7H2,1-2H3. The number of carboxylic acid groups (broad SMARTS) is 1. The number of aryl methyl sites for hydroxylation is 1. The number of benzene rings is 3. The number of para-hydroxylation sites is 2. The van der Waals surface area contributed by atoms with Crippen molar-refractivity contribution in [2.24, 2.45) is 0 Å². The van der Waals surface area contributed by atoms with Crippen LogP contribution in [0.4, 0.5) is 26.3 Å². The SMILES string of the molecule is CC(C)c1onc(-c2ccccc2OC(F)(F)F)c1CBr.Cc1cc(OCc2c(-c3ccccc3OC(F)(F)F)noc2C(C)C)ccc1-c1ccc(C(=O)O)cn1. The first-order valence-corrected chi connectivity index (χ1v) is 18.6. The second-order valence-electron chi connectivity index (χ2n) is 13.3. The van der Waals surface area contributed by atoms with Crippen LogP contribution in [0.1, 0.15) is 78.1 Å². The molecular formula is C41H36BrF6N3O7. The van der Waals surface area contributed by atoms with Crippen LogP contribution >= 0.6 is 15.9 Å². The fourth-order valence-corrected chi connectivity index (χ4v) is 6.39. The van der Waals surface area contributed by atoms with Crippen molar-refractivity contribution >= 4 is 21.9 Å². The molecule has 0 amide bonds. The molecule has 0 atom stereocenters. The Morgan fingerprint density at radius 3 is 1.71 bits per heavy atom. The van der Waals surface area contributed by atoms with Crippen LogP contribution in [0.2, 0.25) is 0 Å². The van der Waals surface area contributed by atoms with Gasteiger partial charge in [-0.1, -0.05) is 78.2 Å². The Morgan fingerprint density at radius 1 is 0.741 bits per heavy atom. The number of carbonyl (C=O) groups is 1. The van der Waals surface area contributed by atoms with Gasteiger partial charge in [0.1, 0.15) is 46.8 Å². The van der Waals surface area contributed by atoms with E-state index in [1.165, 1.54) is 48.7 Å². The quantitative estimate of drug-likeness (QED) is 0.0936. The molecule has 10 nitrogen and oxygen atoms in total. The minimum Gasteiger partial charge on any atom is -0.489 e. The van der Waals surface area contributed by atoms with Gasteiger partial charge >= 0.3 is 18.7 Å². The van der Waals surface area contributed by atoms with Crippen molar-refractivity contribution in [3.05, 3.63) is 119 Å². The maximum Gasteiger partial charge on any atom is 0.573 e. The molecule has 0 saturated heterocycles. The van der Waals surface area contributed by atoms with Crippen molar-refractivity contribution in [3.8, 4) is 51.0 Å². The van der Waals surface area contributed by atoms with E-state index in [9.17, 15) is 31.1 Å². The molecule has 6 rings (SSSR count). The number of rotatable bonds is 12. The van der Waals surface area contributed by atoms with Gasteiger partial charge in [0.25, 0.3) is 0 Å². The zero-order chi connectivity index (χ0) is 42.4. The molecule has 58 heavy (non-hydrogen) atoms. The fraction of sp³-hybridized carbons (Fsp3) is 0.268. The summed E-state index contributed by atoms with van der Waals surface area (Å²) in [6.07, 6.45) is -8.32. The first-order valence-electron chi connectivity index (χ1n) is 17.5. The third kappa shape index (κ3) is 10.8. The third-order valence-electron chi connectivity index (χ3n) is 8.42. The summed E-state index contributed by atoms with van der Waals surface area (Å²) in [5.41, 5.74) is 4.53. The fourth-order valence-electron chi connectivity index (χ4n) is 5.84. The Hall–Kier alpha value is -5.84. The maximum absolute atomic E-state index is 13.0. The number of alkyl halides is 7. The van der Waals surface area contributed by atoms with Crippen LogP contribution in [-0.2, 0) is 11.9 Å². The Bertz CT molecular complexity index is 2340. The minimum absolute atomic E-state index is 0.00293. The average Bonchev–Trinajstić information content (AvgIpc) is 3.78. The van der Waals surface area contributed by atoms with Crippen LogP contribution in [0.15, 0.2) is 94.1 Å². The lowest BCUT2D eigenvalue weighted by Gasteiger charge is -2.14. The molecule has 6 aromatic rings. The molecule has 3 aromatic carbocycles. The molecule has 0 bridgehead atoms. The second-order valence-corrected chi connectivity index (χ2v) is 13.8. The molecule has 17 heteroatoms. The molecule has 0 aliphatic rings. The predicted molar refractivity (Wildman–Crippen MR) is 204 cm³/mol. The van der Waals surface area contributed by atoms with E-state index in [2.05, 4.69) is 40.7 Å². The second kappa shape index (κ2) is 18.2. The van der Waals surface area contributed by atoms with E-state index in [1.807, 2.05) is 34.6 Å². The Morgan fingerprint density at radius 2 is 1.26 bits per heavy atom. The molecule has 3 heterocycles. The number of hydrogen-bond acceptors (Lipinski definition) is 9. The molecular weight excluding hydrogens is 840 g/mol. The summed E-state index contributed by atoms with van der Waals surface area (Å²) in [6.45, 7) is 9.48. The molecule has 0 aliphatic carbocycles. The smallest absolute Gasteiger partial charge is 0.489 e. The van der Waals surface area contributed by atoms with E-state index in [0.29, 0.717) is 39.6 Å². The van der Waals surface area contributed by atoms with Crippen molar-refractivity contribution in [2.45, 2.75) is 71.1 Å². The van der Waals surface area contributed by atoms with Gasteiger partial charge in [-0.2, -0.15) is 0 Å². The van der Waals surface area contributed by atoms with Gasteiger partial charge in [0.05, 0.1) is 16.8 Å². The van der Waals surface area contributed by atoms with Crippen LogP contribution in [0.25, 0.3) is 33.8 Å². The molecule has 0 spiro atoms. The van der Waals surface area contributed by atoms with E-state index < -0.39 is 18.7 Å². The van der Waals surface area contributed by atoms with E-state index in [4.69, 9.17) is 18.9 Å². The zero-order valence-corrected chi connectivity index (χ0v) is 33.1. The topological polar surface area (TPSA) is 130 Å². The summed E-state index contributed by atoms with van der Waals surface area (Å²) in [5, 5.41) is 17.5. The molecule has 0 radical (unpaired) electrons. The van der Waals surface area contributed by atoms with Crippen molar-refractivity contribution in [2.75, 3.05) is 0 Å². The summed E-state index contributed by atoms with van der Waals surface area (Å²) >= 11 is 3.33. The normalized spacial score (nSPS) is 11.7. The van der Waals surface area contributed by atoms with Gasteiger partial charge in [0.2, 0.25) is 0 Å². The van der Waals surface area contributed by atoms with Gasteiger partial charge in [-0.15, -0.1) is 26.3 Å². The molecule has 0 aliphatic heterocycles. The molecule has 0 unspecified atom stereocenters. The number of nitrogens with zero attached hydrogens (tertiary/aromatic N) is 3. The first kappa shape index (κ1) is 43.3. The van der Waals surface area contributed by atoms with Crippen LogP contribution in [-0.4, -0.2) is 39.1 Å². The van der Waals surface area contributed by atoms with Crippen molar-refractivity contribution in [1.29, 1.82) is 0 Å². The summed E-state index contributed by atoms with van der Waals surface area (Å²) in [4.78, 5) is 15.3. The molecule has 1 N–H and O–H groups in total. The number of ether oxygens (including phenoxy) is 3. The zero-order valence-electron chi connectivity index (χ0n) is 31.5. The number of pyridine rings is 1. The van der Waals surface area contributed by atoms with Gasteiger partial charge in [-0.3, -0.25) is 4.98 Å². The number of halogens is 7. The Labute approximate surface area is 336 Å². The van der Waals surface area contributed by atoms with Crippen LogP contribution in [0, 0.1) is 6.92 Å². The number of carboxylic acids is 1. The highest BCUT2D eigenvalue weighted by Gasteiger charge is 2.34. The van der Waals surface area contributed by atoms with Crippen LogP contribution < -0.4 is 14.2 Å². The van der Waals surface area contributed by atoms with Crippen molar-refractivity contribution in [3.63, 3.8) is 0 Å². The molecule has 3 aromatic heterocycles. The predicted octanol–water partition coefficient (Wildman–Crippen LogP) is 12.3. The summed E-state index contributed by atoms with van der Waals surface area (Å²) < 4.78 is 101. The van der Waals surface area contributed by atoms with Gasteiger partial charge in [0.15, 0.2) is 0 Å². The van der Waals surface area contributed by atoms with Gasteiger partial charge < -0.3 is 28.4 Å². The summed E-state index contributed by atoms with van der Waals surface area (Å²) in [6, 6.07) is 20.1. The summed E-state index contributed by atoms with van der Waals surface area (Å²) in [7, 11) is 0. The molecule has 0 fully saturated rings. The lowest BCUT2D eigenvalue weighted by Crippen LogP contribution is -2.17. The van der Waals surface area contributed by atoms with Gasteiger partial charge in [-0.25, -0.2) is 4.79 Å². The van der Waals surface area contributed by atoms with E-state index in [-0.39, 0.29) is 52.3 Å². The monoisotopic (exact) mass is 875 g/mol. The molecule has 306 valence electrons. The van der Waals surface area contributed by atoms with Gasteiger partial charge in [-0.05, 0) is 67.1 Å². The first-order chi connectivity index (χ1) is 27.4. The lowest BCUT2D eigenvalue weighted by atomic mass is 10.0. The molecule has 0 saturated carbocycles. The van der Waals surface area contributed by atoms with Crippen LogP contribution in [0.3, 0.4) is 0 Å². The highest BCUT2D eigenvalue weighted by atomic mass is 79.9. The lowest BCUT2D eigenvalue weighted by molar-refractivity contribution is -0.275. The average molecular weight is 877 g/mol. The largest absolute Gasteiger partial charge is 0.573 e. The summed E-state index contributed by atoms with van der Waals surface area (Å²) in [5.74, 6) is -0.103. The number of aromatic nitrogens is 3. The van der Waals surface area contributed by atoms with E-state index in [1.54, 1.807) is 36.4 Å². The minimum atomic E-state index is -4.86. The Kier molecular flexibility index (Phi) is 13.6. The van der Waals surface area contributed by atoms with Gasteiger partial charge in [0, 0.05) is 45.6 Å². The number of hydrogen-bond donors (Lipinski definition) is 1. The third-order valence-corrected chi connectivity index (χ3v) is 8.98. The van der Waals surface area contributed by atoms with Crippen LogP contribution in [0.5, 0.6) is 17.2 Å².